The normalized spacial score (nSPS) is 26.8. The largest absolute Gasteiger partial charge is 0.490 e. The molecule has 8 heteroatoms. The second-order valence-corrected chi connectivity index (χ2v) is 14.0. The highest BCUT2D eigenvalue weighted by atomic mass is 32.2. The van der Waals surface area contributed by atoms with E-state index in [9.17, 15) is 10.2 Å². The van der Waals surface area contributed by atoms with Crippen LogP contribution in [0, 0.1) is 17.8 Å². The first kappa shape index (κ1) is 35.3. The van der Waals surface area contributed by atoms with Crippen molar-refractivity contribution in [1.29, 1.82) is 0 Å². The Labute approximate surface area is 284 Å². The molecule has 1 aliphatic heterocycles. The van der Waals surface area contributed by atoms with Crippen molar-refractivity contribution in [2.75, 3.05) is 32.2 Å². The number of allylic oxidation sites excluding steroid dienone is 1. The van der Waals surface area contributed by atoms with Crippen molar-refractivity contribution in [3.8, 4) is 11.5 Å². The zero-order chi connectivity index (χ0) is 33.1. The molecule has 2 aromatic carbocycles. The third kappa shape index (κ3) is 7.99. The molecule has 6 atom stereocenters. The zero-order valence-electron chi connectivity index (χ0n) is 27.7. The fraction of sp³-hybridized carbons (Fsp3) is 0.513. The van der Waals surface area contributed by atoms with Crippen LogP contribution in [0.4, 0.5) is 0 Å². The monoisotopic (exact) mass is 661 g/mol. The van der Waals surface area contributed by atoms with E-state index in [-0.39, 0.29) is 42.1 Å². The van der Waals surface area contributed by atoms with E-state index in [0.717, 1.165) is 78.2 Å². The molecule has 0 amide bonds. The Kier molecular flexibility index (Phi) is 13.0. The quantitative estimate of drug-likeness (QED) is 0.0901. The predicted molar refractivity (Wildman–Crippen MR) is 190 cm³/mol. The molecular formula is C39H51NO6S. The second-order valence-electron chi connectivity index (χ2n) is 12.6. The number of aliphatic hydroxyl groups is 2. The minimum Gasteiger partial charge on any atom is -0.490 e. The zero-order valence-corrected chi connectivity index (χ0v) is 28.5. The minimum atomic E-state index is -0.939. The summed E-state index contributed by atoms with van der Waals surface area (Å²) in [6.45, 7) is 11.5. The van der Waals surface area contributed by atoms with Crippen molar-refractivity contribution in [3.05, 3.63) is 96.6 Å². The van der Waals surface area contributed by atoms with Gasteiger partial charge in [0.05, 0.1) is 23.5 Å². The van der Waals surface area contributed by atoms with Gasteiger partial charge in [0, 0.05) is 31.1 Å². The number of hydrogen-bond donors (Lipinski definition) is 2. The minimum absolute atomic E-state index is 0.0370. The van der Waals surface area contributed by atoms with Crippen LogP contribution in [-0.4, -0.2) is 59.1 Å². The van der Waals surface area contributed by atoms with Gasteiger partial charge in [-0.15, -0.1) is 6.58 Å². The standard InChI is InChI=1S/C39H51NO6S/c1-4-22-43-30-18-19-35-33(25-30)37-31(17-11-13-21-42)29(16-10-12-20-41)24-32-34(40-45-27-28-14-8-7-9-15-28)26-36(47-6-3)39(46-35,38(32)37)44-23-5-2/h4-5,7-9,14-15,18-19,24-25,29,31,36-38,41-42H,1-2,6,10-13,16-17,20-23,26-27H2,3H3/t29-,31+,36-,37+,38+,39+/m0/s1. The van der Waals surface area contributed by atoms with E-state index in [1.807, 2.05) is 54.2 Å². The van der Waals surface area contributed by atoms with Crippen LogP contribution in [0.15, 0.2) is 90.6 Å². The van der Waals surface area contributed by atoms with Gasteiger partial charge in [0.2, 0.25) is 5.79 Å². The number of oxime groups is 1. The summed E-state index contributed by atoms with van der Waals surface area (Å²) in [7, 11) is 0. The van der Waals surface area contributed by atoms with Crippen molar-refractivity contribution in [3.63, 3.8) is 0 Å². The fourth-order valence-electron chi connectivity index (χ4n) is 7.68. The maximum atomic E-state index is 9.76. The predicted octanol–water partition coefficient (Wildman–Crippen LogP) is 7.84. The summed E-state index contributed by atoms with van der Waals surface area (Å²) < 4.78 is 20.1. The molecule has 2 N–H and O–H groups in total. The van der Waals surface area contributed by atoms with Gasteiger partial charge in [-0.2, -0.15) is 11.8 Å². The average Bonchev–Trinajstić information content (AvgIpc) is 3.09. The Morgan fingerprint density at radius 3 is 2.49 bits per heavy atom. The number of thioether (sulfide) groups is 1. The lowest BCUT2D eigenvalue weighted by atomic mass is 9.56. The second kappa shape index (κ2) is 17.4. The molecule has 0 spiro atoms. The molecule has 0 radical (unpaired) electrons. The van der Waals surface area contributed by atoms with Crippen LogP contribution in [0.5, 0.6) is 11.5 Å². The molecule has 2 aromatic rings. The van der Waals surface area contributed by atoms with E-state index in [2.05, 4.69) is 32.2 Å². The lowest BCUT2D eigenvalue weighted by molar-refractivity contribution is -0.223. The maximum Gasteiger partial charge on any atom is 0.230 e. The lowest BCUT2D eigenvalue weighted by Crippen LogP contribution is -2.64. The van der Waals surface area contributed by atoms with Gasteiger partial charge in [0.15, 0.2) is 0 Å². The molecule has 1 fully saturated rings. The molecule has 3 aliphatic rings. The van der Waals surface area contributed by atoms with Crippen LogP contribution in [0.1, 0.15) is 68.9 Å². The highest BCUT2D eigenvalue weighted by Crippen LogP contribution is 2.62. The van der Waals surface area contributed by atoms with E-state index in [1.54, 1.807) is 12.2 Å². The van der Waals surface area contributed by atoms with Gasteiger partial charge in [-0.25, -0.2) is 0 Å². The summed E-state index contributed by atoms with van der Waals surface area (Å²) >= 11 is 1.84. The van der Waals surface area contributed by atoms with Gasteiger partial charge < -0.3 is 29.3 Å². The molecule has 0 bridgehead atoms. The molecule has 0 aromatic heterocycles. The van der Waals surface area contributed by atoms with E-state index in [0.29, 0.717) is 26.2 Å². The van der Waals surface area contributed by atoms with Crippen molar-refractivity contribution < 1.29 is 29.3 Å². The highest BCUT2D eigenvalue weighted by Gasteiger charge is 2.63. The maximum absolute atomic E-state index is 9.76. The Balaban J connectivity index is 1.68. The fourth-order valence-corrected chi connectivity index (χ4v) is 8.85. The van der Waals surface area contributed by atoms with E-state index >= 15 is 0 Å². The van der Waals surface area contributed by atoms with Crippen LogP contribution >= 0.6 is 11.8 Å². The highest BCUT2D eigenvalue weighted by molar-refractivity contribution is 8.00. The molecule has 1 saturated carbocycles. The lowest BCUT2D eigenvalue weighted by Gasteiger charge is -2.58. The SMILES string of the molecule is C=CCOc1ccc2c(c1)[C@H]1[C@H](CCCCO)[C@@H](CCCCO)C=C3C(=NOCc4ccccc4)C[C@H](SCC)[C@@](OCC=C)(O2)[C@H]31. The average molecular weight is 662 g/mol. The Bertz CT molecular complexity index is 1380. The first-order valence-corrected chi connectivity index (χ1v) is 18.2. The van der Waals surface area contributed by atoms with Crippen molar-refractivity contribution in [1.82, 2.24) is 0 Å². The molecule has 0 saturated heterocycles. The molecule has 254 valence electrons. The topological polar surface area (TPSA) is 89.7 Å². The van der Waals surface area contributed by atoms with Gasteiger partial charge in [0.1, 0.15) is 24.7 Å². The van der Waals surface area contributed by atoms with Crippen LogP contribution < -0.4 is 9.47 Å². The first-order valence-electron chi connectivity index (χ1n) is 17.2. The van der Waals surface area contributed by atoms with Gasteiger partial charge in [-0.05, 0) is 72.6 Å². The van der Waals surface area contributed by atoms with Crippen LogP contribution in [-0.2, 0) is 16.2 Å². The third-order valence-corrected chi connectivity index (χ3v) is 10.8. The van der Waals surface area contributed by atoms with Crippen molar-refractivity contribution >= 4 is 17.5 Å². The van der Waals surface area contributed by atoms with Gasteiger partial charge in [-0.3, -0.25) is 0 Å². The number of ether oxygens (including phenoxy) is 3. The van der Waals surface area contributed by atoms with Crippen molar-refractivity contribution in [2.45, 2.75) is 75.4 Å². The third-order valence-electron chi connectivity index (χ3n) is 9.61. The summed E-state index contributed by atoms with van der Waals surface area (Å²) in [6, 6.07) is 16.3. The summed E-state index contributed by atoms with van der Waals surface area (Å²) in [5.74, 6) is 1.97. The number of nitrogens with zero attached hydrogens (tertiary/aromatic N) is 1. The number of unbranched alkanes of at least 4 members (excludes halogenated alkanes) is 2. The molecular weight excluding hydrogens is 610 g/mol. The number of aliphatic hydroxyl groups excluding tert-OH is 2. The van der Waals surface area contributed by atoms with E-state index in [4.69, 9.17) is 24.2 Å². The number of hydrogen-bond acceptors (Lipinski definition) is 8. The molecule has 2 aliphatic carbocycles. The Morgan fingerprint density at radius 1 is 1.00 bits per heavy atom. The first-order chi connectivity index (χ1) is 23.1. The van der Waals surface area contributed by atoms with Crippen LogP contribution in [0.25, 0.3) is 0 Å². The summed E-state index contributed by atoms with van der Waals surface area (Å²) in [4.78, 5) is 6.09. The van der Waals surface area contributed by atoms with Crippen LogP contribution in [0.3, 0.4) is 0 Å². The molecule has 7 nitrogen and oxygen atoms in total. The molecule has 0 unspecified atom stereocenters. The van der Waals surface area contributed by atoms with Gasteiger partial charge in [0.25, 0.3) is 0 Å². The van der Waals surface area contributed by atoms with Gasteiger partial charge in [-0.1, -0.05) is 80.1 Å². The summed E-state index contributed by atoms with van der Waals surface area (Å²) in [5.41, 5.74) is 4.27. The molecule has 1 heterocycles. The summed E-state index contributed by atoms with van der Waals surface area (Å²) in [6.07, 6.45) is 11.9. The smallest absolute Gasteiger partial charge is 0.230 e. The number of fused-ring (bicyclic) bond motifs is 2. The van der Waals surface area contributed by atoms with Gasteiger partial charge >= 0.3 is 0 Å². The van der Waals surface area contributed by atoms with Crippen molar-refractivity contribution in [2.24, 2.45) is 22.9 Å². The van der Waals surface area contributed by atoms with Crippen LogP contribution in [0.2, 0.25) is 0 Å². The Hall–Kier alpha value is -3.04. The number of rotatable bonds is 19. The Morgan fingerprint density at radius 2 is 1.77 bits per heavy atom. The molecule has 47 heavy (non-hydrogen) atoms. The number of benzene rings is 2. The van der Waals surface area contributed by atoms with E-state index < -0.39 is 5.79 Å². The van der Waals surface area contributed by atoms with E-state index in [1.165, 1.54) is 0 Å². The summed E-state index contributed by atoms with van der Waals surface area (Å²) in [5, 5.41) is 24.3. The molecule has 5 rings (SSSR count).